The fourth-order valence-corrected chi connectivity index (χ4v) is 2.04. The zero-order chi connectivity index (χ0) is 13.8. The summed E-state index contributed by atoms with van der Waals surface area (Å²) in [4.78, 5) is 11.9. The Bertz CT molecular complexity index is 599. The third-order valence-corrected chi connectivity index (χ3v) is 4.03. The van der Waals surface area contributed by atoms with Crippen molar-refractivity contribution in [1.29, 1.82) is 0 Å². The molecule has 100 valence electrons. The van der Waals surface area contributed by atoms with Gasteiger partial charge in [0.15, 0.2) is 0 Å². The summed E-state index contributed by atoms with van der Waals surface area (Å²) in [7, 11) is 0. The third kappa shape index (κ3) is 3.84. The second kappa shape index (κ2) is 6.25. The number of amides is 1. The summed E-state index contributed by atoms with van der Waals surface area (Å²) in [6.45, 7) is 1.05. The first-order chi connectivity index (χ1) is 9.06. The van der Waals surface area contributed by atoms with Crippen LogP contribution in [-0.2, 0) is 6.54 Å². The predicted octanol–water partition coefficient (Wildman–Crippen LogP) is 2.15. The van der Waals surface area contributed by atoms with E-state index in [0.717, 1.165) is 3.57 Å². The minimum atomic E-state index is -0.154. The summed E-state index contributed by atoms with van der Waals surface area (Å²) >= 11 is 8.09. The minimum Gasteiger partial charge on any atom is -0.396 e. The van der Waals surface area contributed by atoms with Crippen LogP contribution in [0.3, 0.4) is 0 Å². The largest absolute Gasteiger partial charge is 0.396 e. The maximum atomic E-state index is 11.9. The first-order valence-electron chi connectivity index (χ1n) is 5.57. The molecule has 2 aromatic rings. The van der Waals surface area contributed by atoms with Crippen LogP contribution in [-0.4, -0.2) is 22.2 Å². The Hall–Kier alpha value is -1.28. The van der Waals surface area contributed by atoms with Crippen LogP contribution in [0.15, 0.2) is 30.6 Å². The number of halogens is 2. The summed E-state index contributed by atoms with van der Waals surface area (Å²) < 4.78 is 2.60. The first-order valence-corrected chi connectivity index (χ1v) is 7.03. The molecule has 2 rings (SSSR count). The number of aromatic nitrogens is 2. The van der Waals surface area contributed by atoms with E-state index in [9.17, 15) is 4.79 Å². The second-order valence-electron chi connectivity index (χ2n) is 3.92. The molecule has 1 aromatic heterocycles. The summed E-state index contributed by atoms with van der Waals surface area (Å²) in [6, 6.07) is 5.21. The highest BCUT2D eigenvalue weighted by molar-refractivity contribution is 14.1. The number of anilines is 1. The maximum Gasteiger partial charge on any atom is 0.251 e. The average molecular weight is 391 g/mol. The van der Waals surface area contributed by atoms with Crippen molar-refractivity contribution >= 4 is 45.8 Å². The summed E-state index contributed by atoms with van der Waals surface area (Å²) in [5.74, 6) is -0.154. The molecule has 0 saturated heterocycles. The van der Waals surface area contributed by atoms with E-state index in [2.05, 4.69) is 33.0 Å². The maximum absolute atomic E-state index is 11.9. The molecule has 19 heavy (non-hydrogen) atoms. The van der Waals surface area contributed by atoms with Gasteiger partial charge in [-0.3, -0.25) is 9.48 Å². The van der Waals surface area contributed by atoms with E-state index in [1.807, 2.05) is 6.07 Å². The fraction of sp³-hybridized carbons (Fsp3) is 0.167. The molecule has 0 radical (unpaired) electrons. The highest BCUT2D eigenvalue weighted by Crippen LogP contribution is 2.19. The Morgan fingerprint density at radius 2 is 2.32 bits per heavy atom. The van der Waals surface area contributed by atoms with Gasteiger partial charge in [-0.1, -0.05) is 11.6 Å². The minimum absolute atomic E-state index is 0.154. The number of benzene rings is 1. The Morgan fingerprint density at radius 1 is 1.53 bits per heavy atom. The average Bonchev–Trinajstić information content (AvgIpc) is 2.78. The molecule has 0 spiro atoms. The lowest BCUT2D eigenvalue weighted by Gasteiger charge is -2.06. The lowest BCUT2D eigenvalue weighted by atomic mass is 10.2. The van der Waals surface area contributed by atoms with Crippen molar-refractivity contribution in [2.75, 3.05) is 12.3 Å². The number of hydrogen-bond acceptors (Lipinski definition) is 3. The lowest BCUT2D eigenvalue weighted by molar-refractivity contribution is 0.0952. The highest BCUT2D eigenvalue weighted by atomic mass is 127. The molecule has 0 aliphatic heterocycles. The number of rotatable bonds is 4. The van der Waals surface area contributed by atoms with Crippen molar-refractivity contribution in [2.24, 2.45) is 0 Å². The molecule has 0 unspecified atom stereocenters. The topological polar surface area (TPSA) is 72.9 Å². The second-order valence-corrected chi connectivity index (χ2v) is 5.49. The molecule has 1 heterocycles. The Morgan fingerprint density at radius 3 is 2.95 bits per heavy atom. The Kier molecular flexibility index (Phi) is 4.65. The van der Waals surface area contributed by atoms with E-state index in [1.54, 1.807) is 29.2 Å². The van der Waals surface area contributed by atoms with Gasteiger partial charge in [-0.2, -0.15) is 5.10 Å². The molecule has 3 N–H and O–H groups in total. The molecule has 1 amide bonds. The van der Waals surface area contributed by atoms with Crippen molar-refractivity contribution in [2.45, 2.75) is 6.54 Å². The number of carbonyl (C=O) groups excluding carboxylic acids is 1. The zero-order valence-corrected chi connectivity index (χ0v) is 12.9. The number of nitrogens with one attached hydrogen (secondary N) is 1. The first kappa shape index (κ1) is 14.1. The van der Waals surface area contributed by atoms with Crippen LogP contribution in [0.5, 0.6) is 0 Å². The van der Waals surface area contributed by atoms with Crippen molar-refractivity contribution in [3.8, 4) is 0 Å². The van der Waals surface area contributed by atoms with Gasteiger partial charge in [0.05, 0.1) is 23.5 Å². The molecule has 7 heteroatoms. The SMILES string of the molecule is Nc1cnn(CCNC(=O)c2ccc(I)c(Cl)c2)c1. The molecule has 1 aromatic carbocycles. The van der Waals surface area contributed by atoms with Crippen LogP contribution in [0, 0.1) is 3.57 Å². The summed E-state index contributed by atoms with van der Waals surface area (Å²) in [6.07, 6.45) is 3.29. The molecular formula is C12H12ClIN4O. The Labute approximate surface area is 129 Å². The molecule has 0 bridgehead atoms. The molecule has 0 saturated carbocycles. The molecular weight excluding hydrogens is 379 g/mol. The van der Waals surface area contributed by atoms with Gasteiger partial charge in [0, 0.05) is 21.9 Å². The van der Waals surface area contributed by atoms with Crippen LogP contribution in [0.25, 0.3) is 0 Å². The van der Waals surface area contributed by atoms with E-state index in [-0.39, 0.29) is 5.91 Å². The van der Waals surface area contributed by atoms with Crippen molar-refractivity contribution in [3.63, 3.8) is 0 Å². The third-order valence-electron chi connectivity index (χ3n) is 2.46. The van der Waals surface area contributed by atoms with Crippen molar-refractivity contribution < 1.29 is 4.79 Å². The number of hydrogen-bond donors (Lipinski definition) is 2. The normalized spacial score (nSPS) is 10.4. The molecule has 5 nitrogen and oxygen atoms in total. The van der Waals surface area contributed by atoms with Gasteiger partial charge in [0.2, 0.25) is 0 Å². The van der Waals surface area contributed by atoms with Crippen molar-refractivity contribution in [1.82, 2.24) is 15.1 Å². The van der Waals surface area contributed by atoms with E-state index in [1.165, 1.54) is 0 Å². The van der Waals surface area contributed by atoms with E-state index >= 15 is 0 Å². The summed E-state index contributed by atoms with van der Waals surface area (Å²) in [5, 5.41) is 7.41. The number of nitrogens with zero attached hydrogens (tertiary/aromatic N) is 2. The quantitative estimate of drug-likeness (QED) is 0.786. The van der Waals surface area contributed by atoms with E-state index in [4.69, 9.17) is 17.3 Å². The monoisotopic (exact) mass is 390 g/mol. The van der Waals surface area contributed by atoms with Crippen LogP contribution >= 0.6 is 34.2 Å². The van der Waals surface area contributed by atoms with Gasteiger partial charge in [-0.15, -0.1) is 0 Å². The van der Waals surface area contributed by atoms with Gasteiger partial charge in [-0.25, -0.2) is 0 Å². The van der Waals surface area contributed by atoms with Gasteiger partial charge in [-0.05, 0) is 40.8 Å². The number of nitrogens with two attached hydrogens (primary N) is 1. The molecule has 0 fully saturated rings. The number of nitrogen functional groups attached to an aromatic ring is 1. The standard InChI is InChI=1S/C12H12ClIN4O/c13-10-5-8(1-2-11(10)14)12(19)16-3-4-18-7-9(15)6-17-18/h1-2,5-7H,3-4,15H2,(H,16,19). The van der Waals surface area contributed by atoms with E-state index in [0.29, 0.717) is 29.4 Å². The summed E-state index contributed by atoms with van der Waals surface area (Å²) in [5.41, 5.74) is 6.70. The van der Waals surface area contributed by atoms with Crippen LogP contribution in [0.2, 0.25) is 5.02 Å². The van der Waals surface area contributed by atoms with Gasteiger partial charge >= 0.3 is 0 Å². The van der Waals surface area contributed by atoms with Crippen molar-refractivity contribution in [3.05, 3.63) is 44.7 Å². The highest BCUT2D eigenvalue weighted by Gasteiger charge is 2.07. The molecule has 0 atom stereocenters. The Balaban J connectivity index is 1.89. The predicted molar refractivity (Wildman–Crippen MR) is 83.1 cm³/mol. The molecule has 0 aliphatic rings. The van der Waals surface area contributed by atoms with Crippen LogP contribution in [0.4, 0.5) is 5.69 Å². The van der Waals surface area contributed by atoms with Gasteiger partial charge in [0.25, 0.3) is 5.91 Å². The fourth-order valence-electron chi connectivity index (χ4n) is 1.53. The van der Waals surface area contributed by atoms with Crippen LogP contribution < -0.4 is 11.1 Å². The van der Waals surface area contributed by atoms with Gasteiger partial charge < -0.3 is 11.1 Å². The zero-order valence-electron chi connectivity index (χ0n) is 9.94. The number of carbonyl (C=O) groups is 1. The lowest BCUT2D eigenvalue weighted by Crippen LogP contribution is -2.27. The van der Waals surface area contributed by atoms with Crippen LogP contribution in [0.1, 0.15) is 10.4 Å². The molecule has 0 aliphatic carbocycles. The van der Waals surface area contributed by atoms with E-state index < -0.39 is 0 Å². The smallest absolute Gasteiger partial charge is 0.251 e. The van der Waals surface area contributed by atoms with Gasteiger partial charge in [0.1, 0.15) is 0 Å².